The molecule has 34 heteroatoms. The van der Waals surface area contributed by atoms with Gasteiger partial charge in [-0.15, -0.1) is 0 Å². The largest absolute Gasteiger partial charge is 0.462 e. The lowest BCUT2D eigenvalue weighted by atomic mass is 9.95. The van der Waals surface area contributed by atoms with E-state index in [-0.39, 0.29) is 11.4 Å². The molecule has 0 amide bonds. The number of hydrogen-bond acceptors (Lipinski definition) is 33. The maximum Gasteiger partial charge on any atom is 0.269 e. The Labute approximate surface area is 428 Å². The number of non-ortho nitro benzene ring substituents is 1. The van der Waals surface area contributed by atoms with Crippen molar-refractivity contribution in [2.24, 2.45) is 0 Å². The van der Waals surface area contributed by atoms with Crippen LogP contribution in [0.2, 0.25) is 0 Å². The normalized spacial score (nSPS) is 48.3. The van der Waals surface area contributed by atoms with Crippen LogP contribution in [0, 0.1) is 10.1 Å². The average molecular weight is 1110 g/mol. The molecule has 76 heavy (non-hydrogen) atoms. The molecule has 19 N–H and O–H groups in total. The van der Waals surface area contributed by atoms with Gasteiger partial charge in [-0.05, 0) is 12.1 Å². The van der Waals surface area contributed by atoms with Gasteiger partial charge in [0.25, 0.3) is 5.69 Å². The SMILES string of the molecule is O=[N+]([O-])c1ccc(OC2OC(CO)C(OC3OC(CO)C(OC4OC(CO)C(OC5OC(CO)C(OC6OC(CO)C(OC7OC(CO)C(O)C(O)C7O)C(O)C6O)C(O)C5O)C(O)C4O)C(O)C3O)C(O)C2O)cc1. The summed E-state index contributed by atoms with van der Waals surface area (Å²) in [6.45, 7) is -5.80. The van der Waals surface area contributed by atoms with Crippen molar-refractivity contribution in [3.8, 4) is 5.75 Å². The summed E-state index contributed by atoms with van der Waals surface area (Å²) in [5.74, 6) is -0.0341. The molecule has 7 rings (SSSR count). The summed E-state index contributed by atoms with van der Waals surface area (Å²) < 4.78 is 67.0. The Kier molecular flexibility index (Phi) is 21.0. The molecule has 1 aromatic rings. The van der Waals surface area contributed by atoms with Gasteiger partial charge in [-0.3, -0.25) is 10.1 Å². The molecule has 1 aromatic carbocycles. The number of benzene rings is 1. The van der Waals surface area contributed by atoms with Gasteiger partial charge in [0.2, 0.25) is 6.29 Å². The third-order valence-electron chi connectivity index (χ3n) is 13.7. The van der Waals surface area contributed by atoms with Crippen molar-refractivity contribution in [3.05, 3.63) is 34.4 Å². The van der Waals surface area contributed by atoms with E-state index in [0.717, 1.165) is 12.1 Å². The molecular formula is C42H65NO33. The third-order valence-corrected chi connectivity index (χ3v) is 13.7. The van der Waals surface area contributed by atoms with E-state index < -0.39 is 229 Å². The zero-order chi connectivity index (χ0) is 55.6. The minimum Gasteiger partial charge on any atom is -0.462 e. The van der Waals surface area contributed by atoms with Crippen LogP contribution in [0.25, 0.3) is 0 Å². The predicted octanol–water partition coefficient (Wildman–Crippen LogP) is -12.1. The van der Waals surface area contributed by atoms with Gasteiger partial charge < -0.3 is 154 Å². The molecule has 6 saturated heterocycles. The lowest BCUT2D eigenvalue weighted by molar-refractivity contribution is -0.395. The molecule has 0 spiro atoms. The molecule has 0 saturated carbocycles. The van der Waals surface area contributed by atoms with E-state index in [1.807, 2.05) is 0 Å². The van der Waals surface area contributed by atoms with Crippen LogP contribution in [0.3, 0.4) is 0 Å². The molecule has 0 aromatic heterocycles. The number of hydrogen-bond donors (Lipinski definition) is 19. The van der Waals surface area contributed by atoms with Crippen LogP contribution in [0.1, 0.15) is 0 Å². The number of nitro groups is 1. The Morgan fingerprint density at radius 2 is 0.579 bits per heavy atom. The first-order chi connectivity index (χ1) is 36.1. The van der Waals surface area contributed by atoms with Crippen LogP contribution in [-0.2, 0) is 52.1 Å². The summed E-state index contributed by atoms with van der Waals surface area (Å²) in [6.07, 6.45) is -57.0. The number of nitro benzene ring substituents is 1. The molecule has 6 fully saturated rings. The summed E-state index contributed by atoms with van der Waals surface area (Å²) in [6, 6.07) is 4.55. The zero-order valence-electron chi connectivity index (χ0n) is 39.5. The van der Waals surface area contributed by atoms with Gasteiger partial charge in [-0.2, -0.15) is 0 Å². The van der Waals surface area contributed by atoms with Crippen LogP contribution in [-0.4, -0.2) is 326 Å². The second-order valence-electron chi connectivity index (χ2n) is 18.6. The van der Waals surface area contributed by atoms with Crippen LogP contribution in [0.15, 0.2) is 24.3 Å². The van der Waals surface area contributed by atoms with E-state index in [1.54, 1.807) is 0 Å². The first kappa shape index (κ1) is 60.9. The monoisotopic (exact) mass is 1110 g/mol. The quantitative estimate of drug-likeness (QED) is 0.0452. The summed E-state index contributed by atoms with van der Waals surface area (Å²) in [5, 5.41) is 214. The van der Waals surface area contributed by atoms with Gasteiger partial charge in [-0.25, -0.2) is 0 Å². The Bertz CT molecular complexity index is 1960. The van der Waals surface area contributed by atoms with Gasteiger partial charge in [0, 0.05) is 12.1 Å². The minimum absolute atomic E-state index is 0.0341. The molecule has 0 radical (unpaired) electrons. The molecule has 0 aliphatic carbocycles. The first-order valence-corrected chi connectivity index (χ1v) is 23.7. The molecule has 30 atom stereocenters. The van der Waals surface area contributed by atoms with Crippen molar-refractivity contribution in [1.29, 1.82) is 0 Å². The zero-order valence-corrected chi connectivity index (χ0v) is 39.5. The minimum atomic E-state index is -2.20. The van der Waals surface area contributed by atoms with Gasteiger partial charge in [0.05, 0.1) is 44.6 Å². The molecule has 0 bridgehead atoms. The van der Waals surface area contributed by atoms with Gasteiger partial charge in [0.1, 0.15) is 152 Å². The highest BCUT2D eigenvalue weighted by atomic mass is 16.8. The van der Waals surface area contributed by atoms with Gasteiger partial charge in [-0.1, -0.05) is 0 Å². The Hall–Kier alpha value is -2.78. The highest BCUT2D eigenvalue weighted by molar-refractivity contribution is 5.36. The van der Waals surface area contributed by atoms with E-state index in [2.05, 4.69) is 0 Å². The van der Waals surface area contributed by atoms with Crippen molar-refractivity contribution in [2.45, 2.75) is 184 Å². The van der Waals surface area contributed by atoms with Crippen LogP contribution >= 0.6 is 0 Å². The van der Waals surface area contributed by atoms with Crippen molar-refractivity contribution >= 4 is 5.69 Å². The topological polar surface area (TPSA) is 538 Å². The van der Waals surface area contributed by atoms with E-state index >= 15 is 0 Å². The fourth-order valence-corrected chi connectivity index (χ4v) is 9.39. The maximum absolute atomic E-state index is 11.3. The van der Waals surface area contributed by atoms with Crippen molar-refractivity contribution in [3.63, 3.8) is 0 Å². The van der Waals surface area contributed by atoms with Crippen molar-refractivity contribution in [1.82, 2.24) is 0 Å². The van der Waals surface area contributed by atoms with Crippen LogP contribution in [0.4, 0.5) is 5.69 Å². The first-order valence-electron chi connectivity index (χ1n) is 23.7. The molecule has 30 unspecified atom stereocenters. The summed E-state index contributed by atoms with van der Waals surface area (Å²) >= 11 is 0. The molecule has 34 nitrogen and oxygen atoms in total. The van der Waals surface area contributed by atoms with Crippen LogP contribution in [0.5, 0.6) is 5.75 Å². The highest BCUT2D eigenvalue weighted by Crippen LogP contribution is 2.37. The molecule has 6 heterocycles. The Morgan fingerprint density at radius 3 is 0.842 bits per heavy atom. The highest BCUT2D eigenvalue weighted by Gasteiger charge is 2.57. The Morgan fingerprint density at radius 1 is 0.342 bits per heavy atom. The van der Waals surface area contributed by atoms with E-state index in [0.29, 0.717) is 0 Å². The smallest absolute Gasteiger partial charge is 0.269 e. The van der Waals surface area contributed by atoms with Crippen molar-refractivity contribution < 1.29 is 159 Å². The average Bonchev–Trinajstić information content (AvgIpc) is 3.43. The van der Waals surface area contributed by atoms with Crippen molar-refractivity contribution in [2.75, 3.05) is 39.6 Å². The molecular weight excluding hydrogens is 1050 g/mol. The number of rotatable bonds is 19. The number of ether oxygens (including phenoxy) is 12. The van der Waals surface area contributed by atoms with Crippen LogP contribution < -0.4 is 4.74 Å². The molecule has 6 aliphatic heterocycles. The lowest BCUT2D eigenvalue weighted by Gasteiger charge is -2.49. The Balaban J connectivity index is 0.946. The van der Waals surface area contributed by atoms with E-state index in [4.69, 9.17) is 56.8 Å². The second kappa shape index (κ2) is 26.2. The maximum atomic E-state index is 11.3. The summed E-state index contributed by atoms with van der Waals surface area (Å²) in [5.41, 5.74) is -0.279. The van der Waals surface area contributed by atoms with E-state index in [9.17, 15) is 107 Å². The lowest BCUT2D eigenvalue weighted by Crippen LogP contribution is -2.68. The predicted molar refractivity (Wildman–Crippen MR) is 231 cm³/mol. The molecule has 436 valence electrons. The summed E-state index contributed by atoms with van der Waals surface area (Å²) in [4.78, 5) is 10.3. The third kappa shape index (κ3) is 12.6. The number of aliphatic hydroxyl groups excluding tert-OH is 19. The van der Waals surface area contributed by atoms with Gasteiger partial charge in [0.15, 0.2) is 31.5 Å². The van der Waals surface area contributed by atoms with E-state index in [1.165, 1.54) is 12.1 Å². The van der Waals surface area contributed by atoms with Gasteiger partial charge >= 0.3 is 0 Å². The fourth-order valence-electron chi connectivity index (χ4n) is 9.39. The number of aliphatic hydroxyl groups is 19. The standard InChI is InChI=1S/C42H65NO33/c44-5-13-19(50)20(51)26(57)38(66-13)72-33-15(7-46)68-40(28(59)22(33)53)74-35-17(9-48)70-42(30(61)24(35)55)76-36-18(10-49)71-41(31(62)25(36)56)75-34-16(8-47)69-39(29(60)23(34)54)73-32-14(6-45)67-37(27(58)21(32)52)65-12-3-1-11(2-4-12)43(63)64/h1-4,13-42,44-62H,5-10H2. The second-order valence-corrected chi connectivity index (χ2v) is 18.6. The fraction of sp³-hybridized carbons (Fsp3) is 0.857. The summed E-state index contributed by atoms with van der Waals surface area (Å²) in [7, 11) is 0. The molecule has 6 aliphatic rings. The number of nitrogens with zero attached hydrogens (tertiary/aromatic N) is 1.